The fourth-order valence-corrected chi connectivity index (χ4v) is 4.45. The largest absolute Gasteiger partial charge is 0.494 e. The highest BCUT2D eigenvalue weighted by atomic mass is 35.5. The number of hydrogen-bond acceptors (Lipinski definition) is 3. The molecule has 6 heteroatoms. The fraction of sp³-hybridized carbons (Fsp3) is 0.364. The van der Waals surface area contributed by atoms with Crippen molar-refractivity contribution in [1.29, 1.82) is 0 Å². The van der Waals surface area contributed by atoms with E-state index in [1.165, 1.54) is 12.1 Å². The third-order valence-electron chi connectivity index (χ3n) is 5.39. The molecule has 0 N–H and O–H groups in total. The number of halogens is 2. The maximum absolute atomic E-state index is 13.9. The minimum Gasteiger partial charge on any atom is -0.494 e. The molecule has 28 heavy (non-hydrogen) atoms. The first-order valence-electron chi connectivity index (χ1n) is 9.42. The van der Waals surface area contributed by atoms with E-state index in [1.807, 2.05) is 24.0 Å². The summed E-state index contributed by atoms with van der Waals surface area (Å²) < 4.78 is 19.6. The second-order valence-corrected chi connectivity index (χ2v) is 8.37. The quantitative estimate of drug-likeness (QED) is 0.669. The van der Waals surface area contributed by atoms with Gasteiger partial charge in [-0.25, -0.2) is 9.38 Å². The molecule has 1 atom stereocenters. The first-order chi connectivity index (χ1) is 13.2. The van der Waals surface area contributed by atoms with E-state index in [4.69, 9.17) is 16.3 Å². The number of aliphatic imine (C=N–C) groups is 1. The van der Waals surface area contributed by atoms with Crippen LogP contribution in [0.3, 0.4) is 0 Å². The predicted molar refractivity (Wildman–Crippen MR) is 110 cm³/mol. The van der Waals surface area contributed by atoms with E-state index in [0.29, 0.717) is 23.8 Å². The standard InChI is InChI=1S/C22H22ClFN2O2/c1-5-28-14-9-15-12(2)11-22(3,4)26-20(15)16(10-14)19(21(26)27)25-13-6-7-17(23)18(24)8-13/h6-10,12H,5,11H2,1-4H3. The Morgan fingerprint density at radius 3 is 2.75 bits per heavy atom. The van der Waals surface area contributed by atoms with E-state index in [0.717, 1.165) is 23.2 Å². The van der Waals surface area contributed by atoms with Crippen LogP contribution < -0.4 is 9.64 Å². The van der Waals surface area contributed by atoms with Crippen molar-refractivity contribution >= 4 is 34.6 Å². The maximum Gasteiger partial charge on any atom is 0.278 e. The highest BCUT2D eigenvalue weighted by Crippen LogP contribution is 2.50. The van der Waals surface area contributed by atoms with Gasteiger partial charge in [-0.3, -0.25) is 4.79 Å². The molecule has 146 valence electrons. The van der Waals surface area contributed by atoms with Crippen LogP contribution in [0.2, 0.25) is 5.02 Å². The maximum atomic E-state index is 13.9. The van der Waals surface area contributed by atoms with E-state index in [1.54, 1.807) is 6.07 Å². The van der Waals surface area contributed by atoms with E-state index in [9.17, 15) is 9.18 Å². The third-order valence-corrected chi connectivity index (χ3v) is 5.70. The van der Waals surface area contributed by atoms with Crippen LogP contribution in [0.4, 0.5) is 15.8 Å². The van der Waals surface area contributed by atoms with Gasteiger partial charge in [-0.2, -0.15) is 0 Å². The van der Waals surface area contributed by atoms with Gasteiger partial charge in [0.25, 0.3) is 5.91 Å². The lowest BCUT2D eigenvalue weighted by Crippen LogP contribution is -2.50. The van der Waals surface area contributed by atoms with Crippen molar-refractivity contribution in [3.05, 3.63) is 52.3 Å². The van der Waals surface area contributed by atoms with Crippen LogP contribution in [0.1, 0.15) is 51.2 Å². The number of hydrogen-bond donors (Lipinski definition) is 0. The third kappa shape index (κ3) is 2.89. The Morgan fingerprint density at radius 1 is 1.32 bits per heavy atom. The Hall–Kier alpha value is -2.40. The number of ether oxygens (including phenoxy) is 1. The molecule has 4 nitrogen and oxygen atoms in total. The summed E-state index contributed by atoms with van der Waals surface area (Å²) in [6.45, 7) is 8.75. The van der Waals surface area contributed by atoms with Gasteiger partial charge < -0.3 is 9.64 Å². The molecule has 0 radical (unpaired) electrons. The molecule has 0 saturated heterocycles. The Bertz CT molecular complexity index is 1020. The molecule has 0 aliphatic carbocycles. The lowest BCUT2D eigenvalue weighted by atomic mass is 9.80. The zero-order valence-electron chi connectivity index (χ0n) is 16.3. The van der Waals surface area contributed by atoms with Crippen LogP contribution in [0.15, 0.2) is 35.3 Å². The molecule has 0 aromatic heterocycles. The topological polar surface area (TPSA) is 41.9 Å². The average molecular weight is 401 g/mol. The number of carbonyl (C=O) groups is 1. The summed E-state index contributed by atoms with van der Waals surface area (Å²) in [7, 11) is 0. The van der Waals surface area contributed by atoms with E-state index >= 15 is 0 Å². The molecule has 2 aliphatic heterocycles. The van der Waals surface area contributed by atoms with Crippen molar-refractivity contribution < 1.29 is 13.9 Å². The molecule has 2 heterocycles. The molecule has 2 aromatic rings. The number of benzene rings is 2. The molecular weight excluding hydrogens is 379 g/mol. The first-order valence-corrected chi connectivity index (χ1v) is 9.80. The Balaban J connectivity index is 1.94. The summed E-state index contributed by atoms with van der Waals surface area (Å²) in [4.78, 5) is 19.7. The Labute approximate surface area is 169 Å². The van der Waals surface area contributed by atoms with Gasteiger partial charge in [0.05, 0.1) is 23.0 Å². The highest BCUT2D eigenvalue weighted by molar-refractivity contribution is 6.55. The number of carbonyl (C=O) groups excluding carboxylic acids is 1. The van der Waals surface area contributed by atoms with Gasteiger partial charge in [0, 0.05) is 17.2 Å². The van der Waals surface area contributed by atoms with Crippen LogP contribution in [0.25, 0.3) is 0 Å². The Kier molecular flexibility index (Phi) is 4.46. The molecular formula is C22H22ClFN2O2. The summed E-state index contributed by atoms with van der Waals surface area (Å²) in [6, 6.07) is 8.17. The summed E-state index contributed by atoms with van der Waals surface area (Å²) >= 11 is 5.78. The van der Waals surface area contributed by atoms with Gasteiger partial charge in [0.1, 0.15) is 17.3 Å². The van der Waals surface area contributed by atoms with Crippen molar-refractivity contribution in [2.24, 2.45) is 4.99 Å². The predicted octanol–water partition coefficient (Wildman–Crippen LogP) is 5.63. The molecule has 4 rings (SSSR count). The summed E-state index contributed by atoms with van der Waals surface area (Å²) in [5.74, 6) is 0.262. The second kappa shape index (κ2) is 6.59. The van der Waals surface area contributed by atoms with E-state index in [-0.39, 0.29) is 22.4 Å². The number of anilines is 1. The monoisotopic (exact) mass is 400 g/mol. The van der Waals surface area contributed by atoms with Crippen LogP contribution in [-0.4, -0.2) is 23.8 Å². The Morgan fingerprint density at radius 2 is 2.07 bits per heavy atom. The normalized spacial score (nSPS) is 21.2. The molecule has 2 aromatic carbocycles. The molecule has 0 saturated carbocycles. The van der Waals surface area contributed by atoms with Gasteiger partial charge in [-0.1, -0.05) is 18.5 Å². The SMILES string of the molecule is CCOc1cc2c3c(c1)C(C)CC(C)(C)N3C(=O)C2=Nc1ccc(Cl)c(F)c1. The van der Waals surface area contributed by atoms with Gasteiger partial charge in [0.15, 0.2) is 0 Å². The van der Waals surface area contributed by atoms with Crippen molar-refractivity contribution in [1.82, 2.24) is 0 Å². The van der Waals surface area contributed by atoms with Gasteiger partial charge in [-0.05, 0) is 62.9 Å². The number of amides is 1. The summed E-state index contributed by atoms with van der Waals surface area (Å²) in [5, 5.41) is 0.0255. The molecule has 1 amide bonds. The number of nitrogens with zero attached hydrogens (tertiary/aromatic N) is 2. The minimum absolute atomic E-state index is 0.0255. The zero-order valence-corrected chi connectivity index (χ0v) is 17.1. The summed E-state index contributed by atoms with van der Waals surface area (Å²) in [5.41, 5.74) is 3.04. The zero-order chi connectivity index (χ0) is 20.2. The van der Waals surface area contributed by atoms with Crippen LogP contribution in [0.5, 0.6) is 5.75 Å². The van der Waals surface area contributed by atoms with Crippen LogP contribution in [0, 0.1) is 5.82 Å². The molecule has 1 unspecified atom stereocenters. The molecule has 0 spiro atoms. The van der Waals surface area contributed by atoms with Gasteiger partial charge in [-0.15, -0.1) is 0 Å². The van der Waals surface area contributed by atoms with Crippen LogP contribution in [-0.2, 0) is 4.79 Å². The highest BCUT2D eigenvalue weighted by Gasteiger charge is 2.48. The molecule has 2 aliphatic rings. The summed E-state index contributed by atoms with van der Waals surface area (Å²) in [6.07, 6.45) is 0.837. The first kappa shape index (κ1) is 18.9. The molecule has 0 bridgehead atoms. The lowest BCUT2D eigenvalue weighted by Gasteiger charge is -2.43. The van der Waals surface area contributed by atoms with Gasteiger partial charge >= 0.3 is 0 Å². The number of rotatable bonds is 3. The second-order valence-electron chi connectivity index (χ2n) is 7.96. The smallest absolute Gasteiger partial charge is 0.278 e. The van der Waals surface area contributed by atoms with Crippen molar-refractivity contribution in [3.63, 3.8) is 0 Å². The molecule has 0 fully saturated rings. The lowest BCUT2D eigenvalue weighted by molar-refractivity contribution is -0.113. The van der Waals surface area contributed by atoms with Crippen LogP contribution >= 0.6 is 11.6 Å². The minimum atomic E-state index is -0.562. The van der Waals surface area contributed by atoms with E-state index in [2.05, 4.69) is 25.8 Å². The van der Waals surface area contributed by atoms with E-state index < -0.39 is 5.82 Å². The van der Waals surface area contributed by atoms with Crippen molar-refractivity contribution in [2.45, 2.75) is 45.6 Å². The fourth-order valence-electron chi connectivity index (χ4n) is 4.33. The van der Waals surface area contributed by atoms with Crippen molar-refractivity contribution in [3.8, 4) is 5.75 Å². The average Bonchev–Trinajstić information content (AvgIpc) is 2.89. The van der Waals surface area contributed by atoms with Gasteiger partial charge in [0.2, 0.25) is 0 Å². The van der Waals surface area contributed by atoms with Crippen molar-refractivity contribution in [2.75, 3.05) is 11.5 Å².